The number of hydrogen-bond donors (Lipinski definition) is 3. The average molecular weight is 860 g/mol. The van der Waals surface area contributed by atoms with E-state index >= 15 is 4.79 Å². The Hall–Kier alpha value is -3.20. The lowest BCUT2D eigenvalue weighted by molar-refractivity contribution is -0.235. The van der Waals surface area contributed by atoms with Crippen LogP contribution < -0.4 is 10.6 Å². The van der Waals surface area contributed by atoms with Gasteiger partial charge in [0.25, 0.3) is 5.91 Å². The Morgan fingerprint density at radius 2 is 1.43 bits per heavy atom. The summed E-state index contributed by atoms with van der Waals surface area (Å²) in [5.74, 6) is -1.36. The first-order valence-corrected chi connectivity index (χ1v) is 24.0. The van der Waals surface area contributed by atoms with E-state index in [0.29, 0.717) is 48.1 Å². The zero-order valence-electron chi connectivity index (χ0n) is 38.2. The van der Waals surface area contributed by atoms with Crippen LogP contribution in [0.4, 0.5) is 0 Å². The second-order valence-corrected chi connectivity index (χ2v) is 23.6. The number of carbonyl (C=O) groups excluding carboxylic acids is 4. The third-order valence-corrected chi connectivity index (χ3v) is 19.7. The summed E-state index contributed by atoms with van der Waals surface area (Å²) in [7, 11) is 0. The number of ether oxygens (including phenoxy) is 1. The van der Waals surface area contributed by atoms with Crippen molar-refractivity contribution in [3.05, 3.63) is 46.0 Å². The van der Waals surface area contributed by atoms with Crippen LogP contribution in [0, 0.1) is 62.6 Å². The first-order valence-electron chi connectivity index (χ1n) is 23.6. The molecular weight excluding hydrogens is 788 g/mol. The molecule has 10 heteroatoms. The molecular formula is C51H71ClN2O7. The molecule has 0 heterocycles. The van der Waals surface area contributed by atoms with E-state index in [0.717, 1.165) is 69.8 Å². The van der Waals surface area contributed by atoms with Crippen LogP contribution in [0.1, 0.15) is 169 Å². The molecule has 0 aliphatic heterocycles. The van der Waals surface area contributed by atoms with Gasteiger partial charge in [-0.3, -0.25) is 24.0 Å². The number of aliphatic carboxylic acids is 1. The number of allylic oxidation sites excluding steroid dienone is 1. The van der Waals surface area contributed by atoms with Crippen LogP contribution in [0.15, 0.2) is 35.4 Å². The Balaban J connectivity index is 1.06. The number of carboxylic acids is 1. The number of halogens is 1. The smallest absolute Gasteiger partial charge is 0.309 e. The van der Waals surface area contributed by atoms with Crippen molar-refractivity contribution >= 4 is 41.1 Å². The molecule has 6 fully saturated rings. The van der Waals surface area contributed by atoms with Crippen LogP contribution in [0.3, 0.4) is 0 Å². The summed E-state index contributed by atoms with van der Waals surface area (Å²) in [5.41, 5.74) is -0.265. The summed E-state index contributed by atoms with van der Waals surface area (Å²) in [6, 6.07) is 6.78. The molecule has 10 atom stereocenters. The van der Waals surface area contributed by atoms with Crippen LogP contribution in [-0.2, 0) is 23.9 Å². The van der Waals surface area contributed by atoms with Crippen LogP contribution >= 0.6 is 11.6 Å². The van der Waals surface area contributed by atoms with E-state index < -0.39 is 34.3 Å². The van der Waals surface area contributed by atoms with Gasteiger partial charge in [0.05, 0.1) is 17.4 Å². The summed E-state index contributed by atoms with van der Waals surface area (Å²) < 4.78 is 6.44. The zero-order chi connectivity index (χ0) is 44.3. The summed E-state index contributed by atoms with van der Waals surface area (Å²) in [4.78, 5) is 68.6. The third kappa shape index (κ3) is 6.60. The van der Waals surface area contributed by atoms with Gasteiger partial charge >= 0.3 is 11.9 Å². The summed E-state index contributed by atoms with van der Waals surface area (Å²) in [5, 5.41) is 17.1. The molecule has 9 nitrogen and oxygen atoms in total. The molecule has 8 rings (SSSR count). The highest BCUT2D eigenvalue weighted by Gasteiger charge is 2.71. The highest BCUT2D eigenvalue weighted by atomic mass is 35.5. The molecule has 0 saturated heterocycles. The highest BCUT2D eigenvalue weighted by Crippen LogP contribution is 2.76. The summed E-state index contributed by atoms with van der Waals surface area (Å²) in [6.07, 6.45) is 11.6. The molecule has 1 unspecified atom stereocenters. The number of fused-ring (bicyclic) bond motifs is 7. The molecule has 334 valence electrons. The third-order valence-electron chi connectivity index (χ3n) is 19.4. The molecule has 0 spiro atoms. The molecule has 3 N–H and O–H groups in total. The van der Waals surface area contributed by atoms with Crippen LogP contribution in [0.2, 0.25) is 5.02 Å². The zero-order valence-corrected chi connectivity index (χ0v) is 39.0. The Morgan fingerprint density at radius 3 is 2.05 bits per heavy atom. The molecule has 1 aromatic carbocycles. The van der Waals surface area contributed by atoms with Gasteiger partial charge < -0.3 is 20.5 Å². The van der Waals surface area contributed by atoms with Gasteiger partial charge in [0.1, 0.15) is 11.6 Å². The van der Waals surface area contributed by atoms with Crippen LogP contribution in [0.25, 0.3) is 0 Å². The predicted octanol–water partition coefficient (Wildman–Crippen LogP) is 10.3. The Bertz CT molecular complexity index is 2030. The molecule has 1 aromatic rings. The maximum absolute atomic E-state index is 15.0. The molecule has 0 bridgehead atoms. The van der Waals surface area contributed by atoms with Gasteiger partial charge in [-0.05, 0) is 151 Å². The van der Waals surface area contributed by atoms with Crippen molar-refractivity contribution in [1.82, 2.24) is 10.6 Å². The number of hydrogen-bond acceptors (Lipinski definition) is 6. The fourth-order valence-corrected chi connectivity index (χ4v) is 15.8. The standard InChI is InChI=1S/C51H71ClN2O7/c1-29(2)39-35(55)28-51(54-44(60)50(21-11-10-12-22-50)53-41(56)30-13-15-31(52)16-14-30)26-25-48(8)32(40(39)51)17-18-37-47(7)23-20-38(46(5,6)36(47)19-24-49(37,48)9)61-43(59)34-27-33(42(57)58)45(34,3)4/h13-16,29,32-34,36-38H,10-12,17-28H2,1-9H3,(H,53,56)(H,54,60)(H,57,58)/t32-,33+,34-,36?,37-,38+,47+,48-,49-,51-/m1/s1. The van der Waals surface area contributed by atoms with Crippen molar-refractivity contribution in [3.8, 4) is 0 Å². The number of benzene rings is 1. The SMILES string of the molecule is CC(C)C1=C2[C@H]3CC[C@@H]4[C@@]5(C)CC[C@H](OC(=O)[C@H]6C[C@@H](C(=O)O)C6(C)C)C(C)(C)C5CC[C@@]4(C)[C@]3(C)CC[C@@]2(NC(=O)C2(NC(=O)c3ccc(Cl)cc3)CCCCC2)CC1=O. The second kappa shape index (κ2) is 14.9. The lowest BCUT2D eigenvalue weighted by Crippen LogP contribution is -2.69. The van der Waals surface area contributed by atoms with Gasteiger partial charge in [0.2, 0.25) is 5.91 Å². The van der Waals surface area contributed by atoms with Gasteiger partial charge in [-0.2, -0.15) is 0 Å². The monoisotopic (exact) mass is 858 g/mol. The number of ketones is 1. The van der Waals surface area contributed by atoms with Crippen molar-refractivity contribution in [2.24, 2.45) is 62.6 Å². The maximum atomic E-state index is 15.0. The first kappa shape index (κ1) is 44.4. The minimum absolute atomic E-state index is 0.0173. The van der Waals surface area contributed by atoms with Crippen molar-refractivity contribution < 1.29 is 33.8 Å². The summed E-state index contributed by atoms with van der Waals surface area (Å²) >= 11 is 6.14. The number of carbonyl (C=O) groups is 5. The molecule has 7 aliphatic carbocycles. The molecule has 2 amide bonds. The second-order valence-electron chi connectivity index (χ2n) is 23.1. The lowest BCUT2D eigenvalue weighted by Gasteiger charge is -2.72. The predicted molar refractivity (Wildman–Crippen MR) is 235 cm³/mol. The maximum Gasteiger partial charge on any atom is 0.309 e. The molecule has 0 aromatic heterocycles. The Kier molecular flexibility index (Phi) is 10.9. The number of Topliss-reactive ketones (excluding diaryl/α,β-unsaturated/α-hetero) is 1. The topological polar surface area (TPSA) is 139 Å². The summed E-state index contributed by atoms with van der Waals surface area (Å²) in [6.45, 7) is 20.2. The van der Waals surface area contributed by atoms with Gasteiger partial charge in [0.15, 0.2) is 5.78 Å². The van der Waals surface area contributed by atoms with Crippen molar-refractivity contribution in [1.29, 1.82) is 0 Å². The average Bonchev–Trinajstić information content (AvgIpc) is 3.47. The molecule has 0 radical (unpaired) electrons. The first-order chi connectivity index (χ1) is 28.5. The number of amides is 2. The van der Waals surface area contributed by atoms with Gasteiger partial charge in [0, 0.05) is 22.4 Å². The van der Waals surface area contributed by atoms with Gasteiger partial charge in [-0.1, -0.05) is 93.2 Å². The molecule has 61 heavy (non-hydrogen) atoms. The van der Waals surface area contributed by atoms with Crippen molar-refractivity contribution in [2.45, 2.75) is 176 Å². The van der Waals surface area contributed by atoms with Crippen LogP contribution in [-0.4, -0.2) is 51.8 Å². The van der Waals surface area contributed by atoms with Crippen LogP contribution in [0.5, 0.6) is 0 Å². The number of carboxylic acid groups (broad SMARTS) is 1. The van der Waals surface area contributed by atoms with E-state index in [4.69, 9.17) is 16.3 Å². The molecule has 7 aliphatic rings. The number of rotatable bonds is 8. The van der Waals surface area contributed by atoms with Crippen molar-refractivity contribution in [3.63, 3.8) is 0 Å². The van der Waals surface area contributed by atoms with E-state index in [1.165, 1.54) is 5.57 Å². The van der Waals surface area contributed by atoms with E-state index in [-0.39, 0.29) is 69.6 Å². The Morgan fingerprint density at radius 1 is 0.754 bits per heavy atom. The number of nitrogens with one attached hydrogen (secondary N) is 2. The fourth-order valence-electron chi connectivity index (χ4n) is 15.7. The normalized spacial score (nSPS) is 39.4. The Labute approximate surface area is 368 Å². The van der Waals surface area contributed by atoms with E-state index in [1.807, 2.05) is 13.8 Å². The number of esters is 1. The van der Waals surface area contributed by atoms with Gasteiger partial charge in [-0.25, -0.2) is 0 Å². The van der Waals surface area contributed by atoms with Gasteiger partial charge in [-0.15, -0.1) is 0 Å². The lowest BCUT2D eigenvalue weighted by atomic mass is 9.33. The van der Waals surface area contributed by atoms with E-state index in [1.54, 1.807) is 24.3 Å². The minimum atomic E-state index is -1.06. The van der Waals surface area contributed by atoms with Crippen molar-refractivity contribution in [2.75, 3.05) is 0 Å². The minimum Gasteiger partial charge on any atom is -0.481 e. The quantitative estimate of drug-likeness (QED) is 0.221. The highest BCUT2D eigenvalue weighted by molar-refractivity contribution is 6.30. The molecule has 6 saturated carbocycles. The fraction of sp³-hybridized carbons (Fsp3) is 0.745. The van der Waals surface area contributed by atoms with E-state index in [2.05, 4.69) is 59.1 Å². The van der Waals surface area contributed by atoms with E-state index in [9.17, 15) is 24.3 Å². The largest absolute Gasteiger partial charge is 0.481 e.